The van der Waals surface area contributed by atoms with Gasteiger partial charge < -0.3 is 15.2 Å². The number of carboxylic acids is 1. The van der Waals surface area contributed by atoms with Crippen LogP contribution in [0.5, 0.6) is 5.88 Å². The molecule has 1 aromatic rings. The fourth-order valence-electron chi connectivity index (χ4n) is 1.40. The molecule has 98 valence electrons. The fourth-order valence-corrected chi connectivity index (χ4v) is 1.40. The van der Waals surface area contributed by atoms with Crippen LogP contribution in [0.1, 0.15) is 28.9 Å². The van der Waals surface area contributed by atoms with Crippen molar-refractivity contribution in [2.45, 2.75) is 19.8 Å². The number of ether oxygens (including phenoxy) is 1. The third kappa shape index (κ3) is 4.04. The Hall–Kier alpha value is -2.11. The molecule has 0 aliphatic rings. The lowest BCUT2D eigenvalue weighted by Gasteiger charge is -2.08. The molecule has 1 aromatic heterocycles. The molecule has 6 heteroatoms. The monoisotopic (exact) mass is 252 g/mol. The number of carboxylic acid groups (broad SMARTS) is 1. The number of nitrogens with one attached hydrogen (secondary N) is 1. The van der Waals surface area contributed by atoms with Crippen molar-refractivity contribution in [2.75, 3.05) is 13.7 Å². The number of carbonyl (C=O) groups is 2. The SMILES string of the molecule is COc1nc(C)ccc1C(=O)NCCCC(=O)O. The summed E-state index contributed by atoms with van der Waals surface area (Å²) in [4.78, 5) is 26.2. The molecule has 0 bridgehead atoms. The van der Waals surface area contributed by atoms with Crippen molar-refractivity contribution >= 4 is 11.9 Å². The number of nitrogens with zero attached hydrogens (tertiary/aromatic N) is 1. The topological polar surface area (TPSA) is 88.5 Å². The highest BCUT2D eigenvalue weighted by Gasteiger charge is 2.13. The fraction of sp³-hybridized carbons (Fsp3) is 0.417. The molecule has 1 rings (SSSR count). The minimum Gasteiger partial charge on any atom is -0.481 e. The first-order valence-corrected chi connectivity index (χ1v) is 5.56. The summed E-state index contributed by atoms with van der Waals surface area (Å²) in [5.74, 6) is -0.922. The van der Waals surface area contributed by atoms with E-state index in [4.69, 9.17) is 9.84 Å². The van der Waals surface area contributed by atoms with Crippen LogP contribution in [0.25, 0.3) is 0 Å². The highest BCUT2D eigenvalue weighted by molar-refractivity contribution is 5.96. The van der Waals surface area contributed by atoms with Crippen molar-refractivity contribution in [2.24, 2.45) is 0 Å². The van der Waals surface area contributed by atoms with E-state index in [2.05, 4.69) is 10.3 Å². The number of carbonyl (C=O) groups excluding carboxylic acids is 1. The maximum atomic E-state index is 11.8. The standard InChI is InChI=1S/C12H16N2O4/c1-8-5-6-9(12(14-8)18-2)11(17)13-7-3-4-10(15)16/h5-6H,3-4,7H2,1-2H3,(H,13,17)(H,15,16). The molecule has 0 atom stereocenters. The van der Waals surface area contributed by atoms with Crippen LogP contribution in [0.3, 0.4) is 0 Å². The summed E-state index contributed by atoms with van der Waals surface area (Å²) >= 11 is 0. The first-order chi connectivity index (χ1) is 8.54. The minimum absolute atomic E-state index is 0.0313. The van der Waals surface area contributed by atoms with Crippen molar-refractivity contribution in [1.82, 2.24) is 10.3 Å². The molecule has 0 radical (unpaired) electrons. The van der Waals surface area contributed by atoms with Crippen molar-refractivity contribution in [3.63, 3.8) is 0 Å². The molecule has 0 aliphatic heterocycles. The van der Waals surface area contributed by atoms with E-state index in [-0.39, 0.29) is 18.2 Å². The van der Waals surface area contributed by atoms with Crippen LogP contribution in [0.2, 0.25) is 0 Å². The molecule has 0 fully saturated rings. The van der Waals surface area contributed by atoms with Crippen molar-refractivity contribution in [3.8, 4) is 5.88 Å². The molecule has 18 heavy (non-hydrogen) atoms. The lowest BCUT2D eigenvalue weighted by molar-refractivity contribution is -0.137. The number of aromatic nitrogens is 1. The van der Waals surface area contributed by atoms with E-state index < -0.39 is 5.97 Å². The zero-order valence-corrected chi connectivity index (χ0v) is 10.4. The van der Waals surface area contributed by atoms with Gasteiger partial charge in [-0.15, -0.1) is 0 Å². The maximum Gasteiger partial charge on any atom is 0.303 e. The molecule has 0 aromatic carbocycles. The molecule has 0 aliphatic carbocycles. The third-order valence-corrected chi connectivity index (χ3v) is 2.29. The van der Waals surface area contributed by atoms with Gasteiger partial charge in [-0.1, -0.05) is 0 Å². The van der Waals surface area contributed by atoms with Crippen LogP contribution in [-0.2, 0) is 4.79 Å². The van der Waals surface area contributed by atoms with Gasteiger partial charge >= 0.3 is 5.97 Å². The highest BCUT2D eigenvalue weighted by Crippen LogP contribution is 2.15. The number of hydrogen-bond acceptors (Lipinski definition) is 4. The van der Waals surface area contributed by atoms with Crippen LogP contribution in [0, 0.1) is 6.92 Å². The largest absolute Gasteiger partial charge is 0.481 e. The second-order valence-electron chi connectivity index (χ2n) is 3.76. The first-order valence-electron chi connectivity index (χ1n) is 5.56. The van der Waals surface area contributed by atoms with Gasteiger partial charge in [0.2, 0.25) is 5.88 Å². The number of aryl methyl sites for hydroxylation is 1. The third-order valence-electron chi connectivity index (χ3n) is 2.29. The molecular weight excluding hydrogens is 236 g/mol. The summed E-state index contributed by atoms with van der Waals surface area (Å²) in [6.07, 6.45) is 0.423. The van der Waals surface area contributed by atoms with Crippen LogP contribution in [-0.4, -0.2) is 35.6 Å². The Morgan fingerprint density at radius 2 is 2.17 bits per heavy atom. The average molecular weight is 252 g/mol. The van der Waals surface area contributed by atoms with Gasteiger partial charge in [-0.3, -0.25) is 9.59 Å². The van der Waals surface area contributed by atoms with Gasteiger partial charge in [0.25, 0.3) is 5.91 Å². The van der Waals surface area contributed by atoms with Crippen LogP contribution >= 0.6 is 0 Å². The molecule has 0 spiro atoms. The predicted octanol–water partition coefficient (Wildman–Crippen LogP) is 0.993. The summed E-state index contributed by atoms with van der Waals surface area (Å²) < 4.78 is 5.03. The Bertz CT molecular complexity index is 446. The van der Waals surface area contributed by atoms with E-state index in [1.165, 1.54) is 7.11 Å². The summed E-state index contributed by atoms with van der Waals surface area (Å²) in [6.45, 7) is 2.11. The van der Waals surface area contributed by atoms with Gasteiger partial charge in [-0.2, -0.15) is 0 Å². The van der Waals surface area contributed by atoms with Crippen LogP contribution in [0.4, 0.5) is 0 Å². The summed E-state index contributed by atoms with van der Waals surface area (Å²) in [6, 6.07) is 3.35. The normalized spacial score (nSPS) is 9.89. The summed E-state index contributed by atoms with van der Waals surface area (Å²) in [5.41, 5.74) is 1.10. The summed E-state index contributed by atoms with van der Waals surface area (Å²) in [5, 5.41) is 11.1. The molecule has 6 nitrogen and oxygen atoms in total. The van der Waals surface area contributed by atoms with Crippen molar-refractivity contribution < 1.29 is 19.4 Å². The van der Waals surface area contributed by atoms with E-state index in [1.54, 1.807) is 19.1 Å². The zero-order valence-electron chi connectivity index (χ0n) is 10.4. The van der Waals surface area contributed by atoms with E-state index in [1.807, 2.05) is 0 Å². The van der Waals surface area contributed by atoms with Crippen molar-refractivity contribution in [3.05, 3.63) is 23.4 Å². The average Bonchev–Trinajstić information content (AvgIpc) is 2.33. The lowest BCUT2D eigenvalue weighted by atomic mass is 10.2. The van der Waals surface area contributed by atoms with Crippen LogP contribution in [0.15, 0.2) is 12.1 Å². The number of methoxy groups -OCH3 is 1. The number of pyridine rings is 1. The Balaban J connectivity index is 2.58. The lowest BCUT2D eigenvalue weighted by Crippen LogP contribution is -2.25. The van der Waals surface area contributed by atoms with E-state index in [9.17, 15) is 9.59 Å². The Labute approximate surface area is 105 Å². The molecule has 0 saturated carbocycles. The molecule has 0 unspecified atom stereocenters. The number of amides is 1. The smallest absolute Gasteiger partial charge is 0.303 e. The quantitative estimate of drug-likeness (QED) is 0.737. The molecule has 2 N–H and O–H groups in total. The van der Waals surface area contributed by atoms with Gasteiger partial charge in [0.1, 0.15) is 5.56 Å². The van der Waals surface area contributed by atoms with E-state index in [0.717, 1.165) is 5.69 Å². The van der Waals surface area contributed by atoms with E-state index in [0.29, 0.717) is 18.5 Å². The number of aliphatic carboxylic acids is 1. The van der Waals surface area contributed by atoms with Gasteiger partial charge in [-0.25, -0.2) is 4.98 Å². The van der Waals surface area contributed by atoms with Gasteiger partial charge in [0, 0.05) is 18.7 Å². The highest BCUT2D eigenvalue weighted by atomic mass is 16.5. The predicted molar refractivity (Wildman–Crippen MR) is 64.7 cm³/mol. The Kier molecular flexibility index (Phi) is 5.10. The maximum absolute atomic E-state index is 11.8. The minimum atomic E-state index is -0.876. The second kappa shape index (κ2) is 6.58. The van der Waals surface area contributed by atoms with E-state index >= 15 is 0 Å². The number of hydrogen-bond donors (Lipinski definition) is 2. The van der Waals surface area contributed by atoms with Gasteiger partial charge in [-0.05, 0) is 25.5 Å². The molecule has 1 heterocycles. The zero-order chi connectivity index (χ0) is 13.5. The Morgan fingerprint density at radius 3 is 2.78 bits per heavy atom. The molecular formula is C12H16N2O4. The Morgan fingerprint density at radius 1 is 1.44 bits per heavy atom. The van der Waals surface area contributed by atoms with Gasteiger partial charge in [0.05, 0.1) is 7.11 Å². The number of rotatable bonds is 6. The van der Waals surface area contributed by atoms with Crippen molar-refractivity contribution in [1.29, 1.82) is 0 Å². The molecule has 1 amide bonds. The summed E-state index contributed by atoms with van der Waals surface area (Å²) in [7, 11) is 1.45. The van der Waals surface area contributed by atoms with Crippen LogP contribution < -0.4 is 10.1 Å². The van der Waals surface area contributed by atoms with Gasteiger partial charge in [0.15, 0.2) is 0 Å². The molecule has 0 saturated heterocycles. The second-order valence-corrected chi connectivity index (χ2v) is 3.76. The first kappa shape index (κ1) is 14.0.